The van der Waals surface area contributed by atoms with Crippen molar-refractivity contribution in [1.82, 2.24) is 4.90 Å². The smallest absolute Gasteiger partial charge is 0.286 e. The topological polar surface area (TPSA) is 35.9 Å². The van der Waals surface area contributed by atoms with E-state index >= 15 is 0 Å². The lowest BCUT2D eigenvalue weighted by Gasteiger charge is -2.16. The van der Waals surface area contributed by atoms with Crippen LogP contribution in [-0.2, 0) is 0 Å². The van der Waals surface area contributed by atoms with E-state index in [1.807, 2.05) is 37.3 Å². The minimum atomic E-state index is -0.0758. The molecule has 1 aliphatic heterocycles. The zero-order valence-corrected chi connectivity index (χ0v) is 9.68. The van der Waals surface area contributed by atoms with Crippen LogP contribution in [0.2, 0.25) is 0 Å². The average molecular weight is 238 g/mol. The molecule has 1 aromatic carbocycles. The first-order valence-corrected chi connectivity index (χ1v) is 5.43. The van der Waals surface area contributed by atoms with Crippen LogP contribution in [0.5, 0.6) is 0 Å². The number of amides is 2. The molecule has 5 heteroatoms. The lowest BCUT2D eigenvalue weighted by Crippen LogP contribution is -2.32. The van der Waals surface area contributed by atoms with Crippen LogP contribution >= 0.6 is 11.8 Å². The van der Waals surface area contributed by atoms with Gasteiger partial charge in [-0.15, -0.1) is 0 Å². The fourth-order valence-corrected chi connectivity index (χ4v) is 1.90. The Morgan fingerprint density at radius 1 is 1.38 bits per heavy atom. The molecule has 2 amide bonds. The first-order valence-electron chi connectivity index (χ1n) is 5.09. The second kappa shape index (κ2) is 4.53. The number of nitrogens with zero attached hydrogens (tertiary/aromatic N) is 3. The van der Waals surface area contributed by atoms with Gasteiger partial charge >= 0.3 is 6.03 Å². The van der Waals surface area contributed by atoms with E-state index in [1.165, 1.54) is 0 Å². The highest BCUT2D eigenvalue weighted by atomic mass is 35.5. The van der Waals surface area contributed by atoms with E-state index in [9.17, 15) is 4.79 Å². The van der Waals surface area contributed by atoms with Gasteiger partial charge in [-0.05, 0) is 19.1 Å². The van der Waals surface area contributed by atoms with Gasteiger partial charge in [0.15, 0.2) is 0 Å². The Bertz CT molecular complexity index is 418. The Morgan fingerprint density at radius 3 is 2.56 bits per heavy atom. The lowest BCUT2D eigenvalue weighted by molar-refractivity contribution is 0.234. The van der Waals surface area contributed by atoms with E-state index in [0.717, 1.165) is 5.69 Å². The molecular weight excluding hydrogens is 226 g/mol. The van der Waals surface area contributed by atoms with Crippen LogP contribution in [0.3, 0.4) is 0 Å². The van der Waals surface area contributed by atoms with Gasteiger partial charge in [0, 0.05) is 24.0 Å². The van der Waals surface area contributed by atoms with Crippen LogP contribution in [0.25, 0.3) is 0 Å². The molecule has 0 saturated carbocycles. The van der Waals surface area contributed by atoms with E-state index in [2.05, 4.69) is 4.51 Å². The Hall–Kier alpha value is -1.55. The Balaban J connectivity index is 2.30. The highest BCUT2D eigenvalue weighted by Gasteiger charge is 2.33. The van der Waals surface area contributed by atoms with Crippen molar-refractivity contribution in [3.8, 4) is 0 Å². The largest absolute Gasteiger partial charge is 0.330 e. The number of halogens is 1. The van der Waals surface area contributed by atoms with Crippen molar-refractivity contribution in [2.24, 2.45) is 4.51 Å². The minimum Gasteiger partial charge on any atom is -0.286 e. The van der Waals surface area contributed by atoms with Gasteiger partial charge in [0.1, 0.15) is 5.84 Å². The van der Waals surface area contributed by atoms with Crippen molar-refractivity contribution in [2.45, 2.75) is 6.92 Å². The van der Waals surface area contributed by atoms with Gasteiger partial charge in [-0.2, -0.15) is 4.51 Å². The van der Waals surface area contributed by atoms with Gasteiger partial charge in [-0.1, -0.05) is 18.2 Å². The molecule has 0 spiro atoms. The summed E-state index contributed by atoms with van der Waals surface area (Å²) in [5.74, 6) is 0.595. The number of rotatable bonds is 2. The third-order valence-electron chi connectivity index (χ3n) is 2.55. The van der Waals surface area contributed by atoms with Crippen molar-refractivity contribution in [3.63, 3.8) is 0 Å². The molecule has 1 saturated heterocycles. The van der Waals surface area contributed by atoms with Crippen molar-refractivity contribution < 1.29 is 4.79 Å². The first-order chi connectivity index (χ1) is 7.77. The zero-order chi connectivity index (χ0) is 11.5. The quantitative estimate of drug-likeness (QED) is 0.779. The third kappa shape index (κ3) is 1.76. The summed E-state index contributed by atoms with van der Waals surface area (Å²) in [7, 11) is 0. The highest BCUT2D eigenvalue weighted by Crippen LogP contribution is 2.21. The van der Waals surface area contributed by atoms with Crippen molar-refractivity contribution in [2.75, 3.05) is 18.0 Å². The standard InChI is InChI=1S/C11H12ClN3O/c1-2-14-10(13-12)8-15(11(14)16)9-6-4-3-5-7-9/h3-7H,2,8H2,1H3/b13-10-. The maximum atomic E-state index is 12.0. The second-order valence-corrected chi connectivity index (χ2v) is 3.62. The summed E-state index contributed by atoms with van der Waals surface area (Å²) in [6, 6.07) is 9.42. The number of hydrogen-bond acceptors (Lipinski definition) is 2. The summed E-state index contributed by atoms with van der Waals surface area (Å²) < 4.78 is 3.62. The van der Waals surface area contributed by atoms with Gasteiger partial charge in [-0.3, -0.25) is 9.80 Å². The van der Waals surface area contributed by atoms with Gasteiger partial charge in [0.2, 0.25) is 0 Å². The molecular formula is C11H12ClN3O. The summed E-state index contributed by atoms with van der Waals surface area (Å²) in [6.45, 7) is 2.91. The number of urea groups is 1. The predicted octanol–water partition coefficient (Wildman–Crippen LogP) is 2.50. The number of benzene rings is 1. The summed E-state index contributed by atoms with van der Waals surface area (Å²) in [4.78, 5) is 15.2. The number of carbonyl (C=O) groups excluding carboxylic acids is 1. The third-order valence-corrected chi connectivity index (χ3v) is 2.75. The van der Waals surface area contributed by atoms with Crippen LogP contribution < -0.4 is 4.90 Å². The zero-order valence-electron chi connectivity index (χ0n) is 8.93. The van der Waals surface area contributed by atoms with Crippen LogP contribution in [0.15, 0.2) is 34.8 Å². The van der Waals surface area contributed by atoms with Crippen molar-refractivity contribution in [1.29, 1.82) is 0 Å². The molecule has 0 N–H and O–H groups in total. The molecule has 0 atom stereocenters. The molecule has 84 valence electrons. The molecule has 0 aromatic heterocycles. The van der Waals surface area contributed by atoms with Gasteiger partial charge in [-0.25, -0.2) is 4.79 Å². The number of hydrogen-bond donors (Lipinski definition) is 0. The number of likely N-dealkylation sites (N-methyl/N-ethyl adjacent to an activating group) is 1. The monoisotopic (exact) mass is 237 g/mol. The van der Waals surface area contributed by atoms with Crippen LogP contribution in [0.1, 0.15) is 6.92 Å². The molecule has 2 rings (SSSR count). The van der Waals surface area contributed by atoms with E-state index < -0.39 is 0 Å². The fraction of sp³-hybridized carbons (Fsp3) is 0.273. The van der Waals surface area contributed by atoms with E-state index in [1.54, 1.807) is 9.80 Å². The minimum absolute atomic E-state index is 0.0758. The van der Waals surface area contributed by atoms with Crippen LogP contribution in [0.4, 0.5) is 10.5 Å². The molecule has 1 aromatic rings. The predicted molar refractivity (Wildman–Crippen MR) is 64.9 cm³/mol. The molecule has 1 fully saturated rings. The van der Waals surface area contributed by atoms with Gasteiger partial charge in [0.25, 0.3) is 0 Å². The number of para-hydroxylation sites is 1. The molecule has 0 unspecified atom stereocenters. The second-order valence-electron chi connectivity index (χ2n) is 3.45. The highest BCUT2D eigenvalue weighted by molar-refractivity contribution is 6.24. The summed E-state index contributed by atoms with van der Waals surface area (Å²) >= 11 is 5.47. The molecule has 0 aliphatic carbocycles. The van der Waals surface area contributed by atoms with E-state index in [0.29, 0.717) is 18.9 Å². The fourth-order valence-electron chi connectivity index (χ4n) is 1.75. The Kier molecular flexibility index (Phi) is 3.10. The van der Waals surface area contributed by atoms with Crippen LogP contribution in [0, 0.1) is 0 Å². The summed E-state index contributed by atoms with van der Waals surface area (Å²) in [6.07, 6.45) is 0. The number of anilines is 1. The Morgan fingerprint density at radius 2 is 2.06 bits per heavy atom. The van der Waals surface area contributed by atoms with Gasteiger partial charge in [0.05, 0.1) is 6.54 Å². The molecule has 0 bridgehead atoms. The lowest BCUT2D eigenvalue weighted by atomic mass is 10.3. The number of amidine groups is 1. The molecule has 1 heterocycles. The molecule has 16 heavy (non-hydrogen) atoms. The van der Waals surface area contributed by atoms with Crippen LogP contribution in [-0.4, -0.2) is 29.9 Å². The molecule has 4 nitrogen and oxygen atoms in total. The normalized spacial score (nSPS) is 18.6. The first kappa shape index (κ1) is 11.0. The maximum absolute atomic E-state index is 12.0. The Labute approximate surface area is 99.2 Å². The SMILES string of the molecule is CCN1C(=O)N(c2ccccc2)C/C1=N/Cl. The average Bonchev–Trinajstić information content (AvgIpc) is 2.66. The van der Waals surface area contributed by atoms with Crippen molar-refractivity contribution >= 4 is 29.3 Å². The maximum Gasteiger partial charge on any atom is 0.330 e. The van der Waals surface area contributed by atoms with E-state index in [-0.39, 0.29) is 6.03 Å². The molecule has 1 aliphatic rings. The van der Waals surface area contributed by atoms with Gasteiger partial charge < -0.3 is 0 Å². The number of carbonyl (C=O) groups is 1. The summed E-state index contributed by atoms with van der Waals surface area (Å²) in [5, 5.41) is 0. The molecule has 0 radical (unpaired) electrons. The summed E-state index contributed by atoms with van der Waals surface area (Å²) in [5.41, 5.74) is 0.862. The van der Waals surface area contributed by atoms with Crippen molar-refractivity contribution in [3.05, 3.63) is 30.3 Å². The van der Waals surface area contributed by atoms with E-state index in [4.69, 9.17) is 11.8 Å².